The van der Waals surface area contributed by atoms with Crippen molar-refractivity contribution in [2.75, 3.05) is 0 Å². The Morgan fingerprint density at radius 3 is 1.25 bits per heavy atom. The molecular formula is C42H21N9. The van der Waals surface area contributed by atoms with Gasteiger partial charge in [0.2, 0.25) is 0 Å². The van der Waals surface area contributed by atoms with Crippen molar-refractivity contribution in [2.24, 2.45) is 0 Å². The molecule has 3 aromatic heterocycles. The van der Waals surface area contributed by atoms with E-state index in [4.69, 9.17) is 0 Å². The third-order valence-electron chi connectivity index (χ3n) is 8.76. The van der Waals surface area contributed by atoms with Crippen molar-refractivity contribution in [1.29, 1.82) is 21.0 Å². The summed E-state index contributed by atoms with van der Waals surface area (Å²) < 4.78 is 2.18. The first-order chi connectivity index (χ1) is 25.1. The standard InChI is InChI=1S/C42H21N9/c43-18-26-1-5-30(6-2-26)32-9-12-38-35(15-32)36-16-33(31-7-3-27(19-44)4-8-31)10-13-39(36)51(38)40-14-11-34(41-47-22-28(20-45)23-48-41)17-37(40)42-49-24-29(21-46)25-50-42/h1-17,22-25H. The summed E-state index contributed by atoms with van der Waals surface area (Å²) >= 11 is 0. The molecule has 8 rings (SSSR count). The van der Waals surface area contributed by atoms with Gasteiger partial charge < -0.3 is 4.57 Å². The van der Waals surface area contributed by atoms with Crippen LogP contribution in [0.3, 0.4) is 0 Å². The Hall–Kier alpha value is -7.98. The van der Waals surface area contributed by atoms with Crippen LogP contribution in [-0.2, 0) is 0 Å². The highest BCUT2D eigenvalue weighted by molar-refractivity contribution is 6.12. The number of benzene rings is 5. The van der Waals surface area contributed by atoms with Crippen LogP contribution in [-0.4, -0.2) is 24.5 Å². The number of nitrogens with zero attached hydrogens (tertiary/aromatic N) is 9. The third-order valence-corrected chi connectivity index (χ3v) is 8.76. The largest absolute Gasteiger partial charge is 0.308 e. The third kappa shape index (κ3) is 5.46. The summed E-state index contributed by atoms with van der Waals surface area (Å²) in [7, 11) is 0. The molecule has 5 aromatic carbocycles. The van der Waals surface area contributed by atoms with Crippen LogP contribution in [0.25, 0.3) is 72.5 Å². The summed E-state index contributed by atoms with van der Waals surface area (Å²) in [6.45, 7) is 0. The average Bonchev–Trinajstić information content (AvgIpc) is 3.53. The fourth-order valence-corrected chi connectivity index (χ4v) is 6.23. The Bertz CT molecular complexity index is 2690. The molecule has 0 bridgehead atoms. The number of hydrogen-bond donors (Lipinski definition) is 0. The molecular weight excluding hydrogens is 631 g/mol. The Balaban J connectivity index is 1.39. The van der Waals surface area contributed by atoms with Crippen LogP contribution in [0.5, 0.6) is 0 Å². The molecule has 51 heavy (non-hydrogen) atoms. The highest BCUT2D eigenvalue weighted by atomic mass is 15.0. The summed E-state index contributed by atoms with van der Waals surface area (Å²) in [5, 5.41) is 39.4. The molecule has 0 aliphatic carbocycles. The van der Waals surface area contributed by atoms with Gasteiger partial charge in [0.05, 0.1) is 51.1 Å². The van der Waals surface area contributed by atoms with Crippen molar-refractivity contribution < 1.29 is 0 Å². The zero-order valence-corrected chi connectivity index (χ0v) is 26.6. The van der Waals surface area contributed by atoms with Crippen LogP contribution < -0.4 is 0 Å². The zero-order chi connectivity index (χ0) is 34.9. The Morgan fingerprint density at radius 1 is 0.392 bits per heavy atom. The van der Waals surface area contributed by atoms with E-state index < -0.39 is 0 Å². The van der Waals surface area contributed by atoms with E-state index in [0.29, 0.717) is 45.0 Å². The van der Waals surface area contributed by atoms with Gasteiger partial charge in [-0.3, -0.25) is 0 Å². The first-order valence-corrected chi connectivity index (χ1v) is 15.8. The molecule has 0 saturated heterocycles. The van der Waals surface area contributed by atoms with Crippen molar-refractivity contribution in [3.8, 4) is 75.0 Å². The SMILES string of the molecule is N#Cc1ccc(-c2ccc3c(c2)c2cc(-c4ccc(C#N)cc4)ccc2n3-c2ccc(-c3ncc(C#N)cn3)cc2-c2ncc(C#N)cn2)cc1. The highest BCUT2D eigenvalue weighted by Gasteiger charge is 2.20. The molecule has 0 saturated carbocycles. The number of nitriles is 4. The summed E-state index contributed by atoms with van der Waals surface area (Å²) in [5.41, 5.74) is 9.93. The minimum Gasteiger partial charge on any atom is -0.308 e. The molecule has 0 spiro atoms. The van der Waals surface area contributed by atoms with E-state index in [1.54, 1.807) is 0 Å². The van der Waals surface area contributed by atoms with E-state index in [9.17, 15) is 21.0 Å². The second-order valence-electron chi connectivity index (χ2n) is 11.7. The van der Waals surface area contributed by atoms with E-state index in [1.807, 2.05) is 66.7 Å². The van der Waals surface area contributed by atoms with Crippen molar-refractivity contribution in [2.45, 2.75) is 0 Å². The maximum absolute atomic E-state index is 9.44. The quantitative estimate of drug-likeness (QED) is 0.180. The van der Waals surface area contributed by atoms with Gasteiger partial charge in [-0.15, -0.1) is 0 Å². The van der Waals surface area contributed by atoms with Gasteiger partial charge in [-0.05, 0) is 89.0 Å². The molecule has 0 aliphatic rings. The monoisotopic (exact) mass is 651 g/mol. The average molecular weight is 652 g/mol. The predicted octanol–water partition coefficient (Wildman–Crippen LogP) is 8.52. The Morgan fingerprint density at radius 2 is 0.804 bits per heavy atom. The van der Waals surface area contributed by atoms with Crippen LogP contribution in [0.15, 0.2) is 128 Å². The minimum absolute atomic E-state index is 0.342. The lowest BCUT2D eigenvalue weighted by atomic mass is 9.99. The van der Waals surface area contributed by atoms with E-state index in [2.05, 4.69) is 85.2 Å². The summed E-state index contributed by atoms with van der Waals surface area (Å²) in [4.78, 5) is 18.0. The molecule has 9 nitrogen and oxygen atoms in total. The molecule has 0 radical (unpaired) electrons. The molecule has 8 aromatic rings. The summed E-state index contributed by atoms with van der Waals surface area (Å²) in [6, 6.07) is 42.0. The molecule has 0 fully saturated rings. The minimum atomic E-state index is 0.342. The number of rotatable bonds is 5. The van der Waals surface area contributed by atoms with E-state index >= 15 is 0 Å². The fourth-order valence-electron chi connectivity index (χ4n) is 6.23. The van der Waals surface area contributed by atoms with Crippen LogP contribution in [0.1, 0.15) is 22.3 Å². The molecule has 234 valence electrons. The summed E-state index contributed by atoms with van der Waals surface area (Å²) in [6.07, 6.45) is 5.96. The van der Waals surface area contributed by atoms with Gasteiger partial charge in [-0.2, -0.15) is 21.0 Å². The van der Waals surface area contributed by atoms with Crippen molar-refractivity contribution in [1.82, 2.24) is 24.5 Å². The van der Waals surface area contributed by atoms with Gasteiger partial charge in [0.15, 0.2) is 11.6 Å². The Labute approximate surface area is 291 Å². The zero-order valence-electron chi connectivity index (χ0n) is 26.6. The van der Waals surface area contributed by atoms with Crippen LogP contribution in [0, 0.1) is 45.3 Å². The maximum Gasteiger partial charge on any atom is 0.161 e. The van der Waals surface area contributed by atoms with Crippen molar-refractivity contribution in [3.63, 3.8) is 0 Å². The van der Waals surface area contributed by atoms with Crippen LogP contribution in [0.4, 0.5) is 0 Å². The molecule has 0 aliphatic heterocycles. The van der Waals surface area contributed by atoms with E-state index in [0.717, 1.165) is 49.7 Å². The van der Waals surface area contributed by atoms with Crippen molar-refractivity contribution in [3.05, 3.63) is 150 Å². The topological polar surface area (TPSA) is 152 Å². The lowest BCUT2D eigenvalue weighted by Crippen LogP contribution is -2.01. The molecule has 3 heterocycles. The summed E-state index contributed by atoms with van der Waals surface area (Å²) in [5.74, 6) is 0.856. The number of hydrogen-bond acceptors (Lipinski definition) is 8. The molecule has 0 atom stereocenters. The first-order valence-electron chi connectivity index (χ1n) is 15.8. The molecule has 0 amide bonds. The highest BCUT2D eigenvalue weighted by Crippen LogP contribution is 2.40. The van der Waals surface area contributed by atoms with Gasteiger partial charge in [-0.25, -0.2) is 19.9 Å². The predicted molar refractivity (Wildman–Crippen MR) is 193 cm³/mol. The van der Waals surface area contributed by atoms with Gasteiger partial charge >= 0.3 is 0 Å². The van der Waals surface area contributed by atoms with Gasteiger partial charge in [0.25, 0.3) is 0 Å². The second-order valence-corrected chi connectivity index (χ2v) is 11.7. The smallest absolute Gasteiger partial charge is 0.161 e. The van der Waals surface area contributed by atoms with Gasteiger partial charge in [0.1, 0.15) is 12.1 Å². The lowest BCUT2D eigenvalue weighted by Gasteiger charge is -2.15. The van der Waals surface area contributed by atoms with Gasteiger partial charge in [0, 0.05) is 46.7 Å². The maximum atomic E-state index is 9.44. The molecule has 0 N–H and O–H groups in total. The van der Waals surface area contributed by atoms with Gasteiger partial charge in [-0.1, -0.05) is 36.4 Å². The normalized spacial score (nSPS) is 10.7. The number of fused-ring (bicyclic) bond motifs is 3. The second kappa shape index (κ2) is 12.6. The Kier molecular flexibility index (Phi) is 7.48. The fraction of sp³-hybridized carbons (Fsp3) is 0. The number of aromatic nitrogens is 5. The lowest BCUT2D eigenvalue weighted by molar-refractivity contribution is 1.12. The van der Waals surface area contributed by atoms with Crippen molar-refractivity contribution >= 4 is 21.8 Å². The van der Waals surface area contributed by atoms with Crippen LogP contribution in [0.2, 0.25) is 0 Å². The van der Waals surface area contributed by atoms with Crippen LogP contribution >= 0.6 is 0 Å². The molecule has 0 unspecified atom stereocenters. The molecule has 9 heteroatoms. The first kappa shape index (κ1) is 30.4. The van der Waals surface area contributed by atoms with E-state index in [-0.39, 0.29) is 0 Å². The van der Waals surface area contributed by atoms with E-state index in [1.165, 1.54) is 24.8 Å².